The Labute approximate surface area is 139 Å². The second-order valence-corrected chi connectivity index (χ2v) is 8.11. The van der Waals surface area contributed by atoms with E-state index >= 15 is 0 Å². The van der Waals surface area contributed by atoms with E-state index in [4.69, 9.17) is 0 Å². The number of pyridine rings is 2. The molecule has 2 aromatic rings. The number of Topliss-reactive ketones (excluding diaryl/α,β-unsaturated/α-hetero) is 1. The largest absolute Gasteiger partial charge is 0.293 e. The molecular formula is C20H26N2O. The first-order valence-corrected chi connectivity index (χ1v) is 7.99. The van der Waals surface area contributed by atoms with E-state index in [1.165, 1.54) is 5.56 Å². The van der Waals surface area contributed by atoms with Gasteiger partial charge in [0.15, 0.2) is 5.78 Å². The maximum atomic E-state index is 11.9. The summed E-state index contributed by atoms with van der Waals surface area (Å²) in [5.41, 5.74) is 4.35. The summed E-state index contributed by atoms with van der Waals surface area (Å²) in [6.45, 7) is 14.5. The van der Waals surface area contributed by atoms with Crippen molar-refractivity contribution in [3.05, 3.63) is 47.3 Å². The van der Waals surface area contributed by atoms with E-state index in [1.54, 1.807) is 6.92 Å². The summed E-state index contributed by atoms with van der Waals surface area (Å²) in [4.78, 5) is 20.9. The zero-order chi connectivity index (χ0) is 17.4. The quantitative estimate of drug-likeness (QED) is 0.738. The third-order valence-corrected chi connectivity index (χ3v) is 3.94. The van der Waals surface area contributed by atoms with Crippen molar-refractivity contribution in [3.8, 4) is 11.4 Å². The molecule has 122 valence electrons. The van der Waals surface area contributed by atoms with Crippen LogP contribution in [0.4, 0.5) is 0 Å². The van der Waals surface area contributed by atoms with Crippen molar-refractivity contribution in [1.82, 2.24) is 9.97 Å². The van der Waals surface area contributed by atoms with E-state index in [0.29, 0.717) is 5.69 Å². The van der Waals surface area contributed by atoms with Crippen LogP contribution in [0.25, 0.3) is 11.4 Å². The first-order chi connectivity index (χ1) is 10.5. The molecule has 0 fully saturated rings. The monoisotopic (exact) mass is 310 g/mol. The molecule has 0 aromatic carbocycles. The first kappa shape index (κ1) is 17.3. The molecule has 0 bridgehead atoms. The predicted octanol–water partition coefficient (Wildman–Crippen LogP) is 4.94. The van der Waals surface area contributed by atoms with Gasteiger partial charge in [-0.25, -0.2) is 4.98 Å². The molecule has 0 unspecified atom stereocenters. The number of carbonyl (C=O) groups is 1. The highest BCUT2D eigenvalue weighted by Gasteiger charge is 2.20. The number of hydrogen-bond acceptors (Lipinski definition) is 3. The van der Waals surface area contributed by atoms with Gasteiger partial charge in [-0.2, -0.15) is 0 Å². The van der Waals surface area contributed by atoms with Gasteiger partial charge in [-0.05, 0) is 46.2 Å². The number of ketones is 1. The van der Waals surface area contributed by atoms with Gasteiger partial charge < -0.3 is 0 Å². The van der Waals surface area contributed by atoms with E-state index < -0.39 is 0 Å². The van der Waals surface area contributed by atoms with Crippen molar-refractivity contribution in [2.24, 2.45) is 0 Å². The van der Waals surface area contributed by atoms with Crippen LogP contribution in [-0.2, 0) is 10.8 Å². The summed E-state index contributed by atoms with van der Waals surface area (Å²) in [5.74, 6) is -0.0238. The second-order valence-electron chi connectivity index (χ2n) is 8.11. The van der Waals surface area contributed by atoms with Crippen molar-refractivity contribution in [2.75, 3.05) is 0 Å². The Bertz CT molecular complexity index is 734. The normalized spacial score (nSPS) is 12.3. The Hall–Kier alpha value is -2.03. The molecule has 0 saturated carbocycles. The molecular weight excluding hydrogens is 284 g/mol. The molecule has 0 radical (unpaired) electrons. The standard InChI is InChI=1S/C20H26N2O/c1-13(23)16-11-15(20(5,6)7)12-18(22-16)17-10-14(8-9-21-17)19(2,3)4/h8-12H,1-7H3. The fraction of sp³-hybridized carbons (Fsp3) is 0.450. The van der Waals surface area contributed by atoms with Gasteiger partial charge in [-0.3, -0.25) is 9.78 Å². The van der Waals surface area contributed by atoms with Crippen LogP contribution in [0.3, 0.4) is 0 Å². The third-order valence-electron chi connectivity index (χ3n) is 3.94. The summed E-state index contributed by atoms with van der Waals surface area (Å²) < 4.78 is 0. The number of carbonyl (C=O) groups excluding carboxylic acids is 1. The van der Waals surface area contributed by atoms with Crippen LogP contribution in [-0.4, -0.2) is 15.8 Å². The lowest BCUT2D eigenvalue weighted by molar-refractivity contribution is 0.101. The summed E-state index contributed by atoms with van der Waals surface area (Å²) in [7, 11) is 0. The Kier molecular flexibility index (Phi) is 4.43. The van der Waals surface area contributed by atoms with Crippen molar-refractivity contribution < 1.29 is 4.79 Å². The lowest BCUT2D eigenvalue weighted by Gasteiger charge is -2.21. The summed E-state index contributed by atoms with van der Waals surface area (Å²) >= 11 is 0. The topological polar surface area (TPSA) is 42.9 Å². The molecule has 2 rings (SSSR count). The highest BCUT2D eigenvalue weighted by atomic mass is 16.1. The highest BCUT2D eigenvalue weighted by molar-refractivity contribution is 5.92. The molecule has 0 saturated heterocycles. The van der Waals surface area contributed by atoms with Crippen LogP contribution in [0.2, 0.25) is 0 Å². The minimum Gasteiger partial charge on any atom is -0.293 e. The van der Waals surface area contributed by atoms with E-state index in [2.05, 4.69) is 57.6 Å². The number of aromatic nitrogens is 2. The van der Waals surface area contributed by atoms with Crippen LogP contribution in [0.5, 0.6) is 0 Å². The second kappa shape index (κ2) is 5.88. The molecule has 0 aliphatic rings. The van der Waals surface area contributed by atoms with Crippen molar-refractivity contribution in [3.63, 3.8) is 0 Å². The molecule has 2 aromatic heterocycles. The average molecular weight is 310 g/mol. The van der Waals surface area contributed by atoms with Crippen LogP contribution in [0.15, 0.2) is 30.5 Å². The van der Waals surface area contributed by atoms with Gasteiger partial charge in [0, 0.05) is 13.1 Å². The lowest BCUT2D eigenvalue weighted by atomic mass is 9.85. The summed E-state index contributed by atoms with van der Waals surface area (Å²) in [5, 5.41) is 0. The van der Waals surface area contributed by atoms with Gasteiger partial charge in [-0.15, -0.1) is 0 Å². The van der Waals surface area contributed by atoms with Crippen molar-refractivity contribution in [2.45, 2.75) is 59.3 Å². The smallest absolute Gasteiger partial charge is 0.178 e. The van der Waals surface area contributed by atoms with Crippen LogP contribution < -0.4 is 0 Å². The van der Waals surface area contributed by atoms with Gasteiger partial charge in [0.1, 0.15) is 5.69 Å². The molecule has 0 aliphatic heterocycles. The maximum Gasteiger partial charge on any atom is 0.178 e. The van der Waals surface area contributed by atoms with Crippen molar-refractivity contribution >= 4 is 5.78 Å². The molecule has 3 heteroatoms. The molecule has 3 nitrogen and oxygen atoms in total. The number of nitrogens with zero attached hydrogens (tertiary/aromatic N) is 2. The summed E-state index contributed by atoms with van der Waals surface area (Å²) in [6.07, 6.45) is 1.81. The fourth-order valence-electron chi connectivity index (χ4n) is 2.31. The van der Waals surface area contributed by atoms with Gasteiger partial charge in [0.05, 0.1) is 11.4 Å². The molecule has 0 amide bonds. The van der Waals surface area contributed by atoms with Crippen LogP contribution in [0.1, 0.15) is 70.1 Å². The third kappa shape index (κ3) is 4.04. The Morgan fingerprint density at radius 3 is 1.96 bits per heavy atom. The molecule has 2 heterocycles. The van der Waals surface area contributed by atoms with Gasteiger partial charge in [0.2, 0.25) is 0 Å². The molecule has 0 N–H and O–H groups in total. The zero-order valence-corrected chi connectivity index (χ0v) is 15.2. The predicted molar refractivity (Wildman–Crippen MR) is 94.9 cm³/mol. The van der Waals surface area contributed by atoms with Crippen molar-refractivity contribution in [1.29, 1.82) is 0 Å². The average Bonchev–Trinajstić information content (AvgIpc) is 2.45. The molecule has 0 spiro atoms. The fourth-order valence-corrected chi connectivity index (χ4v) is 2.31. The summed E-state index contributed by atoms with van der Waals surface area (Å²) in [6, 6.07) is 8.03. The molecule has 0 atom stereocenters. The number of rotatable bonds is 2. The van der Waals surface area contributed by atoms with Gasteiger partial charge in [0.25, 0.3) is 0 Å². The molecule has 0 aliphatic carbocycles. The number of hydrogen-bond donors (Lipinski definition) is 0. The Morgan fingerprint density at radius 1 is 0.870 bits per heavy atom. The minimum atomic E-state index is -0.0521. The highest BCUT2D eigenvalue weighted by Crippen LogP contribution is 2.29. The Balaban J connectivity index is 2.64. The lowest BCUT2D eigenvalue weighted by Crippen LogP contribution is -2.14. The van der Waals surface area contributed by atoms with Gasteiger partial charge in [-0.1, -0.05) is 41.5 Å². The van der Waals surface area contributed by atoms with Crippen LogP contribution >= 0.6 is 0 Å². The Morgan fingerprint density at radius 2 is 1.43 bits per heavy atom. The zero-order valence-electron chi connectivity index (χ0n) is 15.2. The molecule has 23 heavy (non-hydrogen) atoms. The van der Waals surface area contributed by atoms with Crippen LogP contribution in [0, 0.1) is 0 Å². The first-order valence-electron chi connectivity index (χ1n) is 7.99. The maximum absolute atomic E-state index is 11.9. The minimum absolute atomic E-state index is 0.0238. The van der Waals surface area contributed by atoms with E-state index in [0.717, 1.165) is 17.0 Å². The van der Waals surface area contributed by atoms with Gasteiger partial charge >= 0.3 is 0 Å². The van der Waals surface area contributed by atoms with E-state index in [1.807, 2.05) is 24.4 Å². The van der Waals surface area contributed by atoms with E-state index in [9.17, 15) is 4.79 Å². The van der Waals surface area contributed by atoms with E-state index in [-0.39, 0.29) is 16.6 Å². The SMILES string of the molecule is CC(=O)c1cc(C(C)(C)C)cc(-c2cc(C(C)(C)C)ccn2)n1.